The van der Waals surface area contributed by atoms with Crippen molar-refractivity contribution >= 4 is 27.5 Å². The Hall–Kier alpha value is -2.42. The number of hydrogen-bond donors (Lipinski definition) is 1. The van der Waals surface area contributed by atoms with E-state index in [2.05, 4.69) is 24.1 Å². The number of nitrogens with zero attached hydrogens (tertiary/aromatic N) is 3. The third-order valence-electron chi connectivity index (χ3n) is 5.20. The fraction of sp³-hybridized carbons (Fsp3) is 0.435. The summed E-state index contributed by atoms with van der Waals surface area (Å²) in [6.45, 7) is 10.5. The molecule has 1 amide bonds. The van der Waals surface area contributed by atoms with Gasteiger partial charge in [-0.1, -0.05) is 38.1 Å². The highest BCUT2D eigenvalue weighted by Gasteiger charge is 2.28. The molecule has 0 aliphatic carbocycles. The molecule has 0 saturated heterocycles. The number of hydrogen-bond acceptors (Lipinski definition) is 4. The molecule has 0 spiro atoms. The van der Waals surface area contributed by atoms with E-state index >= 15 is 0 Å². The lowest BCUT2D eigenvalue weighted by Gasteiger charge is -2.28. The van der Waals surface area contributed by atoms with Crippen molar-refractivity contribution in [3.05, 3.63) is 59.2 Å². The minimum Gasteiger partial charge on any atom is -0.325 e. The van der Waals surface area contributed by atoms with Crippen LogP contribution in [0.2, 0.25) is 0 Å². The molecular weight excluding hydrogens is 412 g/mol. The molecule has 0 unspecified atom stereocenters. The summed E-state index contributed by atoms with van der Waals surface area (Å²) in [7, 11) is -0.928. The zero-order valence-corrected chi connectivity index (χ0v) is 20.2. The summed E-state index contributed by atoms with van der Waals surface area (Å²) in [5.74, 6) is -0.400. The first-order chi connectivity index (χ1) is 14.6. The summed E-state index contributed by atoms with van der Waals surface area (Å²) in [5, 5.41) is 2.82. The third kappa shape index (κ3) is 6.53. The first kappa shape index (κ1) is 24.8. The summed E-state index contributed by atoms with van der Waals surface area (Å²) in [4.78, 5) is 15.1. The summed E-state index contributed by atoms with van der Waals surface area (Å²) >= 11 is 0. The Bertz CT molecular complexity index is 984. The van der Waals surface area contributed by atoms with Crippen LogP contribution in [0.5, 0.6) is 0 Å². The van der Waals surface area contributed by atoms with Gasteiger partial charge in [-0.05, 0) is 61.8 Å². The highest BCUT2D eigenvalue weighted by molar-refractivity contribution is 7.90. The first-order valence-electron chi connectivity index (χ1n) is 10.5. The van der Waals surface area contributed by atoms with Crippen molar-refractivity contribution in [1.82, 2.24) is 9.21 Å². The number of amides is 1. The van der Waals surface area contributed by atoms with E-state index in [0.717, 1.165) is 44.9 Å². The molecule has 7 nitrogen and oxygen atoms in total. The van der Waals surface area contributed by atoms with Crippen molar-refractivity contribution in [2.24, 2.45) is 0 Å². The Morgan fingerprint density at radius 1 is 0.968 bits per heavy atom. The van der Waals surface area contributed by atoms with E-state index in [1.54, 1.807) is 6.07 Å². The van der Waals surface area contributed by atoms with Crippen LogP contribution in [0.15, 0.2) is 42.5 Å². The minimum atomic E-state index is -3.84. The van der Waals surface area contributed by atoms with Crippen LogP contribution < -0.4 is 9.62 Å². The molecule has 0 aromatic heterocycles. The highest BCUT2D eigenvalue weighted by atomic mass is 32.2. The molecule has 2 aromatic rings. The molecule has 31 heavy (non-hydrogen) atoms. The van der Waals surface area contributed by atoms with Crippen molar-refractivity contribution in [3.63, 3.8) is 0 Å². The van der Waals surface area contributed by atoms with E-state index in [1.165, 1.54) is 14.1 Å². The van der Waals surface area contributed by atoms with Gasteiger partial charge in [-0.3, -0.25) is 9.69 Å². The quantitative estimate of drug-likeness (QED) is 0.607. The maximum atomic E-state index is 13.0. The molecule has 170 valence electrons. The fourth-order valence-corrected chi connectivity index (χ4v) is 4.33. The third-order valence-corrected chi connectivity index (χ3v) is 7.00. The lowest BCUT2D eigenvalue weighted by molar-refractivity contribution is -0.114. The molecule has 0 atom stereocenters. The molecule has 2 aromatic carbocycles. The van der Waals surface area contributed by atoms with Crippen LogP contribution in [-0.4, -0.2) is 57.3 Å². The van der Waals surface area contributed by atoms with Crippen LogP contribution in [0.3, 0.4) is 0 Å². The normalized spacial score (nSPS) is 11.7. The number of nitrogens with one attached hydrogen (secondary N) is 1. The van der Waals surface area contributed by atoms with Crippen molar-refractivity contribution in [3.8, 4) is 0 Å². The van der Waals surface area contributed by atoms with Gasteiger partial charge in [0.2, 0.25) is 5.91 Å². The van der Waals surface area contributed by atoms with Gasteiger partial charge in [-0.2, -0.15) is 12.7 Å². The molecule has 1 N–H and O–H groups in total. The van der Waals surface area contributed by atoms with Crippen molar-refractivity contribution in [1.29, 1.82) is 0 Å². The van der Waals surface area contributed by atoms with Gasteiger partial charge in [-0.15, -0.1) is 0 Å². The number of anilines is 2. The van der Waals surface area contributed by atoms with Gasteiger partial charge in [0, 0.05) is 26.3 Å². The van der Waals surface area contributed by atoms with E-state index in [9.17, 15) is 13.2 Å². The Kier molecular flexibility index (Phi) is 8.61. The van der Waals surface area contributed by atoms with E-state index in [1.807, 2.05) is 50.2 Å². The van der Waals surface area contributed by atoms with Crippen LogP contribution in [0.1, 0.15) is 30.5 Å². The topological polar surface area (TPSA) is 73.0 Å². The Labute approximate surface area is 186 Å². The van der Waals surface area contributed by atoms with E-state index in [0.29, 0.717) is 11.4 Å². The SMILES string of the molecule is CCN(CC)Cc1ccc(NC(=O)CN(c2cc(C)ccc2C)S(=O)(=O)N(C)C)cc1. The van der Waals surface area contributed by atoms with Crippen LogP contribution in [-0.2, 0) is 21.5 Å². The average Bonchev–Trinajstić information content (AvgIpc) is 2.73. The highest BCUT2D eigenvalue weighted by Crippen LogP contribution is 2.25. The number of aryl methyl sites for hydroxylation is 2. The maximum absolute atomic E-state index is 13.0. The predicted octanol–water partition coefficient (Wildman–Crippen LogP) is 3.40. The Balaban J connectivity index is 2.20. The molecule has 0 aliphatic heterocycles. The van der Waals surface area contributed by atoms with Gasteiger partial charge < -0.3 is 5.32 Å². The van der Waals surface area contributed by atoms with Gasteiger partial charge in [0.25, 0.3) is 0 Å². The van der Waals surface area contributed by atoms with Crippen LogP contribution in [0.4, 0.5) is 11.4 Å². The molecule has 0 heterocycles. The summed E-state index contributed by atoms with van der Waals surface area (Å²) in [6, 6.07) is 13.2. The Morgan fingerprint density at radius 3 is 2.13 bits per heavy atom. The van der Waals surface area contributed by atoms with Crippen molar-refractivity contribution in [2.45, 2.75) is 34.2 Å². The van der Waals surface area contributed by atoms with Crippen LogP contribution in [0, 0.1) is 13.8 Å². The van der Waals surface area contributed by atoms with Gasteiger partial charge >= 0.3 is 10.2 Å². The molecule has 0 bridgehead atoms. The second-order valence-corrected chi connectivity index (χ2v) is 9.86. The van der Waals surface area contributed by atoms with Crippen molar-refractivity contribution < 1.29 is 13.2 Å². The van der Waals surface area contributed by atoms with Gasteiger partial charge in [0.1, 0.15) is 6.54 Å². The molecule has 0 saturated carbocycles. The smallest absolute Gasteiger partial charge is 0.304 e. The largest absolute Gasteiger partial charge is 0.325 e. The predicted molar refractivity (Wildman–Crippen MR) is 128 cm³/mol. The Morgan fingerprint density at radius 2 is 1.58 bits per heavy atom. The number of carbonyl (C=O) groups is 1. The number of rotatable bonds is 10. The second kappa shape index (κ2) is 10.7. The van der Waals surface area contributed by atoms with E-state index in [-0.39, 0.29) is 6.54 Å². The lowest BCUT2D eigenvalue weighted by atomic mass is 10.1. The molecular formula is C23H34N4O3S. The molecule has 8 heteroatoms. The van der Waals surface area contributed by atoms with Crippen LogP contribution >= 0.6 is 0 Å². The van der Waals surface area contributed by atoms with E-state index in [4.69, 9.17) is 0 Å². The first-order valence-corrected chi connectivity index (χ1v) is 11.9. The van der Waals surface area contributed by atoms with Gasteiger partial charge in [0.15, 0.2) is 0 Å². The van der Waals surface area contributed by atoms with Gasteiger partial charge in [0.05, 0.1) is 5.69 Å². The zero-order chi connectivity index (χ0) is 23.2. The van der Waals surface area contributed by atoms with Crippen LogP contribution in [0.25, 0.3) is 0 Å². The molecule has 0 fully saturated rings. The second-order valence-electron chi connectivity index (χ2n) is 7.79. The average molecular weight is 447 g/mol. The van der Waals surface area contributed by atoms with Crippen molar-refractivity contribution in [2.75, 3.05) is 43.4 Å². The lowest BCUT2D eigenvalue weighted by Crippen LogP contribution is -2.44. The monoisotopic (exact) mass is 446 g/mol. The fourth-order valence-electron chi connectivity index (χ4n) is 3.21. The number of carbonyl (C=O) groups excluding carboxylic acids is 1. The number of benzene rings is 2. The zero-order valence-electron chi connectivity index (χ0n) is 19.3. The summed E-state index contributed by atoms with van der Waals surface area (Å²) in [6.07, 6.45) is 0. The minimum absolute atomic E-state index is 0.313. The molecule has 0 aliphatic rings. The standard InChI is InChI=1S/C23H34N4O3S/c1-7-26(8-2)16-20-11-13-21(14-12-20)24-23(28)17-27(31(29,30)25(5)6)22-15-18(3)9-10-19(22)4/h9-15H,7-8,16-17H2,1-6H3,(H,24,28). The molecule has 2 rings (SSSR count). The summed E-state index contributed by atoms with van der Waals surface area (Å²) < 4.78 is 28.2. The maximum Gasteiger partial charge on any atom is 0.304 e. The van der Waals surface area contributed by atoms with Gasteiger partial charge in [-0.25, -0.2) is 4.31 Å². The summed E-state index contributed by atoms with van der Waals surface area (Å²) in [5.41, 5.74) is 4.00. The van der Waals surface area contributed by atoms with E-state index < -0.39 is 16.1 Å². The molecule has 0 radical (unpaired) electrons.